The van der Waals surface area contributed by atoms with Gasteiger partial charge in [-0.15, -0.1) is 0 Å². The van der Waals surface area contributed by atoms with Gasteiger partial charge >= 0.3 is 5.97 Å². The van der Waals surface area contributed by atoms with Crippen LogP contribution in [0.25, 0.3) is 21.8 Å². The van der Waals surface area contributed by atoms with E-state index in [1.54, 1.807) is 73.7 Å². The second kappa shape index (κ2) is 8.99. The van der Waals surface area contributed by atoms with Gasteiger partial charge in [-0.05, 0) is 37.1 Å². The molecule has 0 radical (unpaired) electrons. The van der Waals surface area contributed by atoms with E-state index in [1.165, 1.54) is 6.07 Å². The van der Waals surface area contributed by atoms with Gasteiger partial charge in [0.25, 0.3) is 15.9 Å². The van der Waals surface area contributed by atoms with E-state index in [1.807, 2.05) is 0 Å². The summed E-state index contributed by atoms with van der Waals surface area (Å²) in [7, 11) is -4.24. The smallest absolute Gasteiger partial charge is 0.303 e. The molecule has 4 aromatic rings. The molecule has 4 rings (SSSR count). The highest BCUT2D eigenvalue weighted by molar-refractivity contribution is 7.89. The molecule has 1 amide bonds. The van der Waals surface area contributed by atoms with Crippen LogP contribution in [0.1, 0.15) is 28.8 Å². The van der Waals surface area contributed by atoms with E-state index in [0.717, 1.165) is 4.31 Å². The van der Waals surface area contributed by atoms with Crippen LogP contribution in [-0.2, 0) is 14.8 Å². The normalized spacial score (nSPS) is 11.5. The number of carboxylic acids is 1. The van der Waals surface area contributed by atoms with Crippen molar-refractivity contribution in [1.29, 1.82) is 0 Å². The van der Waals surface area contributed by atoms with Crippen molar-refractivity contribution < 1.29 is 23.1 Å². The maximum Gasteiger partial charge on any atom is 0.303 e. The van der Waals surface area contributed by atoms with Crippen molar-refractivity contribution in [3.05, 3.63) is 83.9 Å². The molecule has 0 unspecified atom stereocenters. The van der Waals surface area contributed by atoms with Crippen LogP contribution < -0.4 is 0 Å². The number of carbonyl (C=O) groups excluding carboxylic acids is 1. The van der Waals surface area contributed by atoms with E-state index in [-0.39, 0.29) is 29.8 Å². The Kier molecular flexibility index (Phi) is 6.11. The second-order valence-corrected chi connectivity index (χ2v) is 9.50. The van der Waals surface area contributed by atoms with E-state index < -0.39 is 21.9 Å². The average molecular weight is 463 g/mol. The third-order valence-electron chi connectivity index (χ3n) is 5.44. The molecular formula is C25H22N2O5S. The number of hydrogen-bond donors (Lipinski definition) is 1. The number of hydrogen-bond acceptors (Lipinski definition) is 5. The van der Waals surface area contributed by atoms with Crippen LogP contribution in [0.3, 0.4) is 0 Å². The van der Waals surface area contributed by atoms with Crippen molar-refractivity contribution in [1.82, 2.24) is 9.29 Å². The number of carboxylic acid groups (broad SMARTS) is 1. The van der Waals surface area contributed by atoms with Gasteiger partial charge in [0, 0.05) is 23.7 Å². The minimum Gasteiger partial charge on any atom is -0.481 e. The maximum absolute atomic E-state index is 14.0. The highest BCUT2D eigenvalue weighted by Gasteiger charge is 2.33. The highest BCUT2D eigenvalue weighted by atomic mass is 32.2. The molecule has 8 heteroatoms. The lowest BCUT2D eigenvalue weighted by molar-refractivity contribution is -0.137. The molecule has 1 heterocycles. The van der Waals surface area contributed by atoms with Crippen LogP contribution in [0.4, 0.5) is 0 Å². The molecule has 168 valence electrons. The number of rotatable bonds is 7. The number of amides is 1. The van der Waals surface area contributed by atoms with Gasteiger partial charge in [0.1, 0.15) is 0 Å². The van der Waals surface area contributed by atoms with Crippen LogP contribution in [0.15, 0.2) is 77.7 Å². The summed E-state index contributed by atoms with van der Waals surface area (Å²) in [5, 5.41) is 10.1. The third kappa shape index (κ3) is 4.29. The zero-order valence-corrected chi connectivity index (χ0v) is 18.7. The number of nitrogens with zero attached hydrogens (tertiary/aromatic N) is 2. The topological polar surface area (TPSA) is 105 Å². The van der Waals surface area contributed by atoms with E-state index in [2.05, 4.69) is 4.98 Å². The van der Waals surface area contributed by atoms with Gasteiger partial charge in [0.05, 0.1) is 21.5 Å². The van der Waals surface area contributed by atoms with Crippen LogP contribution in [-0.4, -0.2) is 41.2 Å². The average Bonchev–Trinajstić information content (AvgIpc) is 2.79. The monoisotopic (exact) mass is 462 g/mol. The SMILES string of the molecule is Cc1ccccc1S(=O)(=O)N(CCCC(=O)O)C(=O)c1c2ccccc2nc2ccccc12. The molecule has 7 nitrogen and oxygen atoms in total. The second-order valence-electron chi connectivity index (χ2n) is 7.67. The third-order valence-corrected chi connectivity index (χ3v) is 7.38. The highest BCUT2D eigenvalue weighted by Crippen LogP contribution is 2.30. The number of sulfonamides is 1. The number of aliphatic carboxylic acids is 1. The van der Waals surface area contributed by atoms with Crippen molar-refractivity contribution in [3.63, 3.8) is 0 Å². The van der Waals surface area contributed by atoms with Crippen LogP contribution in [0.5, 0.6) is 0 Å². The number of pyridine rings is 1. The summed E-state index contributed by atoms with van der Waals surface area (Å²) in [6.45, 7) is 1.40. The molecule has 1 aromatic heterocycles. The Balaban J connectivity index is 1.93. The van der Waals surface area contributed by atoms with Gasteiger partial charge in [-0.25, -0.2) is 17.7 Å². The molecule has 0 spiro atoms. The lowest BCUT2D eigenvalue weighted by Gasteiger charge is -2.24. The summed E-state index contributed by atoms with van der Waals surface area (Å²) in [6.07, 6.45) is -0.266. The molecule has 0 fully saturated rings. The van der Waals surface area contributed by atoms with E-state index in [4.69, 9.17) is 5.11 Å². The molecule has 0 saturated heterocycles. The van der Waals surface area contributed by atoms with E-state index in [9.17, 15) is 18.0 Å². The Morgan fingerprint density at radius 2 is 1.42 bits per heavy atom. The van der Waals surface area contributed by atoms with E-state index >= 15 is 0 Å². The fourth-order valence-corrected chi connectivity index (χ4v) is 5.51. The standard InChI is InChI=1S/C25H22N2O5S/c1-17-9-2-7-14-22(17)33(31,32)27(16-8-15-23(28)29)25(30)24-18-10-3-5-12-20(18)26-21-13-6-4-11-19(21)24/h2-7,9-14H,8,15-16H2,1H3,(H,28,29). The summed E-state index contributed by atoms with van der Waals surface area (Å²) >= 11 is 0. The van der Waals surface area contributed by atoms with Crippen molar-refractivity contribution in [2.45, 2.75) is 24.7 Å². The van der Waals surface area contributed by atoms with Gasteiger partial charge in [-0.2, -0.15) is 0 Å². The Morgan fingerprint density at radius 1 is 0.879 bits per heavy atom. The Hall–Kier alpha value is -3.78. The molecular weight excluding hydrogens is 440 g/mol. The molecule has 0 atom stereocenters. The molecule has 0 aliphatic carbocycles. The molecule has 0 aliphatic heterocycles. The lowest BCUT2D eigenvalue weighted by atomic mass is 10.0. The number of aryl methyl sites for hydroxylation is 1. The minimum absolute atomic E-state index is 0.00681. The van der Waals surface area contributed by atoms with Crippen LogP contribution in [0, 0.1) is 6.92 Å². The number of para-hydroxylation sites is 2. The zero-order chi connectivity index (χ0) is 23.6. The summed E-state index contributed by atoms with van der Waals surface area (Å²) < 4.78 is 28.1. The van der Waals surface area contributed by atoms with Crippen molar-refractivity contribution in [2.24, 2.45) is 0 Å². The number of benzene rings is 3. The van der Waals surface area contributed by atoms with Crippen molar-refractivity contribution >= 4 is 43.7 Å². The van der Waals surface area contributed by atoms with Gasteiger partial charge in [0.15, 0.2) is 0 Å². The fourth-order valence-electron chi connectivity index (χ4n) is 3.86. The molecule has 1 N–H and O–H groups in total. The molecule has 3 aromatic carbocycles. The van der Waals surface area contributed by atoms with Crippen molar-refractivity contribution in [3.8, 4) is 0 Å². The Bertz CT molecular complexity index is 1430. The van der Waals surface area contributed by atoms with Crippen LogP contribution in [0.2, 0.25) is 0 Å². The first kappa shape index (κ1) is 22.4. The van der Waals surface area contributed by atoms with Crippen molar-refractivity contribution in [2.75, 3.05) is 6.54 Å². The van der Waals surface area contributed by atoms with Gasteiger partial charge < -0.3 is 5.11 Å². The summed E-state index contributed by atoms with van der Waals surface area (Å²) in [6, 6.07) is 20.5. The van der Waals surface area contributed by atoms with Gasteiger partial charge in [0.2, 0.25) is 0 Å². The summed E-state index contributed by atoms with van der Waals surface area (Å²) in [5.41, 5.74) is 1.86. The first-order valence-electron chi connectivity index (χ1n) is 10.4. The molecule has 0 saturated carbocycles. The van der Waals surface area contributed by atoms with E-state index in [0.29, 0.717) is 27.4 Å². The zero-order valence-electron chi connectivity index (χ0n) is 17.9. The summed E-state index contributed by atoms with van der Waals surface area (Å²) in [4.78, 5) is 29.6. The number of fused-ring (bicyclic) bond motifs is 2. The van der Waals surface area contributed by atoms with Gasteiger partial charge in [-0.1, -0.05) is 54.6 Å². The quantitative estimate of drug-likeness (QED) is 0.409. The predicted octanol–water partition coefficient (Wildman–Crippen LogP) is 4.39. The number of aromatic nitrogens is 1. The number of carbonyl (C=O) groups is 2. The maximum atomic E-state index is 14.0. The van der Waals surface area contributed by atoms with Gasteiger partial charge in [-0.3, -0.25) is 9.59 Å². The fraction of sp³-hybridized carbons (Fsp3) is 0.160. The Morgan fingerprint density at radius 3 is 2.00 bits per heavy atom. The first-order valence-corrected chi connectivity index (χ1v) is 11.9. The molecule has 0 aliphatic rings. The summed E-state index contributed by atoms with van der Waals surface area (Å²) in [5.74, 6) is -1.77. The largest absolute Gasteiger partial charge is 0.481 e. The minimum atomic E-state index is -4.24. The molecule has 33 heavy (non-hydrogen) atoms. The predicted molar refractivity (Wildman–Crippen MR) is 126 cm³/mol. The lowest BCUT2D eigenvalue weighted by Crippen LogP contribution is -2.38. The first-order chi connectivity index (χ1) is 15.8. The molecule has 0 bridgehead atoms. The Labute approximate surface area is 191 Å². The van der Waals surface area contributed by atoms with Crippen LogP contribution >= 0.6 is 0 Å².